The van der Waals surface area contributed by atoms with Gasteiger partial charge in [0.15, 0.2) is 45.2 Å². The minimum Gasteiger partial charge on any atom is -0.427 e. The summed E-state index contributed by atoms with van der Waals surface area (Å²) in [5.41, 5.74) is 9.19. The number of aromatic nitrogens is 8. The van der Waals surface area contributed by atoms with E-state index in [9.17, 15) is 23.8 Å². The molecule has 14 rings (SSSR count). The van der Waals surface area contributed by atoms with Crippen molar-refractivity contribution in [3.8, 4) is 24.7 Å². The van der Waals surface area contributed by atoms with Gasteiger partial charge in [-0.1, -0.05) is 24.7 Å². The number of hydrogen-bond donors (Lipinski definition) is 4. The van der Waals surface area contributed by atoms with Crippen LogP contribution in [0.4, 0.5) is 25.2 Å². The number of halogens is 2. The zero-order valence-corrected chi connectivity index (χ0v) is 40.7. The van der Waals surface area contributed by atoms with E-state index in [-0.39, 0.29) is 59.6 Å². The van der Waals surface area contributed by atoms with Gasteiger partial charge in [0.05, 0.1) is 12.7 Å². The standard InChI is InChI=1S/C53H66F2N10O7/c1-3-52(35(66)19-39(71-52)64-27-58-41-43(56)60-47(54)62-45(41)64)37(9-5-7-11-50-21-29-13-30(22-50)15-31(14-29)23-50)69-49(68)70-38(10-6-8-12-51-24-32-16-33(25-51)18-34(17-32)26-51)53(4-2)36(67)20-40(72-53)65-28-59-42-44(57)61-48(55)63-46(42)65/h1-2,27-40,66-67H,5-26H2,(H2,56,60,62)(H2,57,61,63)/t29?,30?,31?,32?,33?,34?,35-,36-,37?,38?,39+,40+,50?,51?,52+,53+/m0/s1. The number of carbonyl (C=O) groups is 1. The Kier molecular flexibility index (Phi) is 12.0. The van der Waals surface area contributed by atoms with Gasteiger partial charge in [0.25, 0.3) is 0 Å². The molecular weight excluding hydrogens is 927 g/mol. The molecule has 8 aliphatic carbocycles. The summed E-state index contributed by atoms with van der Waals surface area (Å²) in [6.07, 6.45) is 25.8. The lowest BCUT2D eigenvalue weighted by molar-refractivity contribution is -0.162. The van der Waals surface area contributed by atoms with Crippen LogP contribution in [0.15, 0.2) is 12.7 Å². The molecule has 8 saturated carbocycles. The van der Waals surface area contributed by atoms with Crippen LogP contribution in [0.3, 0.4) is 0 Å². The van der Waals surface area contributed by atoms with E-state index in [1.807, 2.05) is 0 Å². The number of fused-ring (bicyclic) bond motifs is 2. The number of hydrogen-bond acceptors (Lipinski definition) is 15. The van der Waals surface area contributed by atoms with Crippen LogP contribution < -0.4 is 11.5 Å². The second-order valence-corrected chi connectivity index (χ2v) is 23.7. The SMILES string of the molecule is C#C[C@@]1(C(CCCCC23CC4CC(CC(C4)C2)C3)OC(=O)OC(CCCCC23CC4CC(CC(C4)C2)C3)[C@]2(C#C)O[C@@H](n3cnc4c(N)nc(F)nc43)C[C@@H]2O)O[C@@H](n2cnc3c(N)nc(F)nc32)C[C@@H]1O. The summed E-state index contributed by atoms with van der Waals surface area (Å²) in [5, 5.41) is 24.0. The molecule has 6 N–H and O–H groups in total. The fraction of sp³-hybridized carbons (Fsp3) is 0.717. The molecule has 4 aromatic heterocycles. The minimum absolute atomic E-state index is 0.0428. The van der Waals surface area contributed by atoms with Gasteiger partial charge in [-0.15, -0.1) is 12.8 Å². The Morgan fingerprint density at radius 2 is 1.00 bits per heavy atom. The number of ether oxygens (including phenoxy) is 4. The number of rotatable bonds is 16. The van der Waals surface area contributed by atoms with E-state index in [0.29, 0.717) is 23.7 Å². The zero-order chi connectivity index (χ0) is 49.7. The minimum atomic E-state index is -1.90. The Labute approximate surface area is 417 Å². The van der Waals surface area contributed by atoms with Crippen molar-refractivity contribution in [3.05, 3.63) is 24.8 Å². The lowest BCUT2D eigenvalue weighted by Crippen LogP contribution is -2.53. The normalized spacial score (nSPS) is 38.1. The van der Waals surface area contributed by atoms with Gasteiger partial charge >= 0.3 is 18.3 Å². The van der Waals surface area contributed by atoms with Crippen LogP contribution in [0.2, 0.25) is 0 Å². The van der Waals surface area contributed by atoms with E-state index in [0.717, 1.165) is 61.2 Å². The number of nitrogens with two attached hydrogens (primary N) is 2. The van der Waals surface area contributed by atoms with E-state index in [2.05, 4.69) is 41.7 Å². The average Bonchev–Trinajstić information content (AvgIpc) is 4.11. The number of aliphatic hydroxyl groups is 2. The molecule has 6 heterocycles. The molecule has 10 fully saturated rings. The highest BCUT2D eigenvalue weighted by Gasteiger charge is 2.58. The highest BCUT2D eigenvalue weighted by molar-refractivity contribution is 5.82. The number of anilines is 2. The fourth-order valence-electron chi connectivity index (χ4n) is 16.9. The van der Waals surface area contributed by atoms with Crippen molar-refractivity contribution in [1.82, 2.24) is 39.0 Å². The van der Waals surface area contributed by atoms with Crippen molar-refractivity contribution in [2.45, 2.75) is 189 Å². The van der Waals surface area contributed by atoms with Crippen LogP contribution in [0, 0.1) is 83.2 Å². The Morgan fingerprint density at radius 1 is 0.639 bits per heavy atom. The maximum absolute atomic E-state index is 14.7. The average molecular weight is 993 g/mol. The van der Waals surface area contributed by atoms with E-state index in [4.69, 9.17) is 43.3 Å². The van der Waals surface area contributed by atoms with Crippen molar-refractivity contribution >= 4 is 40.1 Å². The van der Waals surface area contributed by atoms with Gasteiger partial charge in [0.1, 0.15) is 36.9 Å². The van der Waals surface area contributed by atoms with Crippen LogP contribution in [0.5, 0.6) is 0 Å². The Morgan fingerprint density at radius 3 is 1.35 bits per heavy atom. The predicted molar refractivity (Wildman–Crippen MR) is 257 cm³/mol. The summed E-state index contributed by atoms with van der Waals surface area (Å²) in [4.78, 5) is 38.3. The molecule has 4 aromatic rings. The number of terminal acetylenes is 2. The van der Waals surface area contributed by atoms with Crippen LogP contribution in [0.25, 0.3) is 22.3 Å². The molecule has 19 heteroatoms. The van der Waals surface area contributed by atoms with Crippen molar-refractivity contribution < 1.29 is 42.7 Å². The number of aliphatic hydroxyl groups excluding tert-OH is 2. The van der Waals surface area contributed by atoms with Crippen LogP contribution in [-0.4, -0.2) is 91.0 Å². The van der Waals surface area contributed by atoms with Gasteiger partial charge in [-0.25, -0.2) is 14.8 Å². The maximum atomic E-state index is 14.7. The quantitative estimate of drug-likeness (QED) is 0.0362. The number of imidazole rings is 2. The molecule has 2 saturated heterocycles. The summed E-state index contributed by atoms with van der Waals surface area (Å²) < 4.78 is 57.9. The molecule has 0 radical (unpaired) electrons. The number of carbonyl (C=O) groups excluding carboxylic acids is 1. The van der Waals surface area contributed by atoms with Gasteiger partial charge in [-0.2, -0.15) is 28.7 Å². The van der Waals surface area contributed by atoms with Crippen molar-refractivity contribution in [3.63, 3.8) is 0 Å². The van der Waals surface area contributed by atoms with Gasteiger partial charge in [0, 0.05) is 12.8 Å². The summed E-state index contributed by atoms with van der Waals surface area (Å²) in [6.45, 7) is 0. The third-order valence-electron chi connectivity index (χ3n) is 19.0. The number of unbranched alkanes of at least 4 members (excludes halogenated alkanes) is 2. The van der Waals surface area contributed by atoms with E-state index in [1.54, 1.807) is 0 Å². The molecule has 2 unspecified atom stereocenters. The number of nitrogen functional groups attached to an aromatic ring is 2. The van der Waals surface area contributed by atoms with Crippen molar-refractivity contribution in [2.75, 3.05) is 11.5 Å². The highest BCUT2D eigenvalue weighted by Crippen LogP contribution is 2.63. The Hall–Kier alpha value is -5.21. The monoisotopic (exact) mass is 993 g/mol. The van der Waals surface area contributed by atoms with Crippen molar-refractivity contribution in [2.24, 2.45) is 46.3 Å². The van der Waals surface area contributed by atoms with Crippen LogP contribution >= 0.6 is 0 Å². The molecule has 0 aromatic carbocycles. The molecular formula is C53H66F2N10O7. The molecule has 8 bridgehead atoms. The molecule has 0 amide bonds. The molecule has 384 valence electrons. The second kappa shape index (κ2) is 18.0. The molecule has 0 spiro atoms. The Balaban J connectivity index is 0.816. The fourth-order valence-corrected chi connectivity index (χ4v) is 16.9. The first-order valence-electron chi connectivity index (χ1n) is 26.5. The predicted octanol–water partition coefficient (Wildman–Crippen LogP) is 7.86. The lowest BCUT2D eigenvalue weighted by atomic mass is 9.48. The van der Waals surface area contributed by atoms with Gasteiger partial charge in [0.2, 0.25) is 0 Å². The summed E-state index contributed by atoms with van der Waals surface area (Å²) >= 11 is 0. The maximum Gasteiger partial charge on any atom is 0.509 e. The lowest BCUT2D eigenvalue weighted by Gasteiger charge is -2.57. The molecule has 2 aliphatic heterocycles. The van der Waals surface area contributed by atoms with Gasteiger partial charge < -0.3 is 40.6 Å². The summed E-state index contributed by atoms with van der Waals surface area (Å²) in [6, 6.07) is 0. The zero-order valence-electron chi connectivity index (χ0n) is 40.7. The number of nitrogens with zero attached hydrogens (tertiary/aromatic N) is 8. The first-order valence-corrected chi connectivity index (χ1v) is 26.5. The van der Waals surface area contributed by atoms with Gasteiger partial charge in [-0.05, 0) is 162 Å². The largest absolute Gasteiger partial charge is 0.509 e. The van der Waals surface area contributed by atoms with E-state index in [1.165, 1.54) is 98.8 Å². The van der Waals surface area contributed by atoms with Gasteiger partial charge in [-0.3, -0.25) is 9.13 Å². The highest BCUT2D eigenvalue weighted by atomic mass is 19.1. The first kappa shape index (κ1) is 47.8. The molecule has 17 nitrogen and oxygen atoms in total. The second-order valence-electron chi connectivity index (χ2n) is 23.7. The summed E-state index contributed by atoms with van der Waals surface area (Å²) in [5.74, 6) is 9.80. The van der Waals surface area contributed by atoms with Crippen LogP contribution in [0.1, 0.15) is 154 Å². The van der Waals surface area contributed by atoms with E-state index >= 15 is 0 Å². The smallest absolute Gasteiger partial charge is 0.427 e. The molecule has 8 atom stereocenters. The Bertz CT molecular complexity index is 2570. The molecule has 72 heavy (non-hydrogen) atoms. The van der Waals surface area contributed by atoms with Crippen molar-refractivity contribution in [1.29, 1.82) is 0 Å². The first-order chi connectivity index (χ1) is 34.7. The van der Waals surface area contributed by atoms with Crippen LogP contribution in [-0.2, 0) is 18.9 Å². The third kappa shape index (κ3) is 8.25. The summed E-state index contributed by atoms with van der Waals surface area (Å²) in [7, 11) is 0. The third-order valence-corrected chi connectivity index (χ3v) is 19.0. The van der Waals surface area contributed by atoms with E-state index < -0.39 is 66.4 Å². The topological polar surface area (TPSA) is 234 Å². The molecule has 10 aliphatic rings.